The molecule has 0 aliphatic heterocycles. The lowest BCUT2D eigenvalue weighted by molar-refractivity contribution is -0.167. The van der Waals surface area contributed by atoms with Crippen LogP contribution in [0.2, 0.25) is 0 Å². The van der Waals surface area contributed by atoms with Gasteiger partial charge in [-0.3, -0.25) is 14.4 Å². The number of unbranched alkanes of at least 4 members (excludes halogenated alkanes) is 33. The molecule has 6 nitrogen and oxygen atoms in total. The van der Waals surface area contributed by atoms with E-state index in [0.717, 1.165) is 63.7 Å². The average molecular weight is 821 g/mol. The van der Waals surface area contributed by atoms with Crippen LogP contribution in [-0.2, 0) is 28.6 Å². The molecule has 0 aromatic carbocycles. The molecule has 1 unspecified atom stereocenters. The average Bonchev–Trinajstić information content (AvgIpc) is 3.22. The van der Waals surface area contributed by atoms with E-state index >= 15 is 0 Å². The highest BCUT2D eigenvalue weighted by molar-refractivity contribution is 5.71. The first-order valence-corrected chi connectivity index (χ1v) is 25.9. The summed E-state index contributed by atoms with van der Waals surface area (Å²) in [7, 11) is 0. The van der Waals surface area contributed by atoms with E-state index < -0.39 is 6.10 Å². The normalized spacial score (nSPS) is 12.4. The fraction of sp³-hybridized carbons (Fsp3) is 0.942. The Morgan fingerprint density at radius 2 is 0.603 bits per heavy atom. The maximum absolute atomic E-state index is 12.8. The van der Waals surface area contributed by atoms with Crippen molar-refractivity contribution in [3.8, 4) is 0 Å². The monoisotopic (exact) mass is 821 g/mol. The van der Waals surface area contributed by atoms with Crippen molar-refractivity contribution in [3.63, 3.8) is 0 Å². The molecule has 0 aliphatic rings. The van der Waals surface area contributed by atoms with Gasteiger partial charge in [0.05, 0.1) is 0 Å². The second-order valence-corrected chi connectivity index (χ2v) is 18.1. The van der Waals surface area contributed by atoms with Crippen LogP contribution in [-0.4, -0.2) is 37.2 Å². The van der Waals surface area contributed by atoms with Crippen molar-refractivity contribution in [3.05, 3.63) is 0 Å². The van der Waals surface area contributed by atoms with Crippen LogP contribution < -0.4 is 0 Å². The van der Waals surface area contributed by atoms with Crippen LogP contribution >= 0.6 is 0 Å². The standard InChI is InChI=1S/C52H100O6/c1-5-8-10-12-14-16-18-20-21-22-23-25-26-31-35-39-43-50(53)56-46-49(58-52(55)45-41-37-33-27-24-19-17-15-13-11-9-6-2)47-57-51(54)44-40-36-32-29-28-30-34-38-42-48(4)7-3/h48-49H,5-47H2,1-4H3/t48?,49-/m1/s1. The fourth-order valence-electron chi connectivity index (χ4n) is 7.83. The summed E-state index contributed by atoms with van der Waals surface area (Å²) in [5.74, 6) is 0.00205. The first-order valence-electron chi connectivity index (χ1n) is 25.9. The van der Waals surface area contributed by atoms with Crippen molar-refractivity contribution in [1.29, 1.82) is 0 Å². The van der Waals surface area contributed by atoms with E-state index in [4.69, 9.17) is 14.2 Å². The van der Waals surface area contributed by atoms with Gasteiger partial charge in [-0.15, -0.1) is 0 Å². The lowest BCUT2D eigenvalue weighted by Gasteiger charge is -2.18. The number of esters is 3. The topological polar surface area (TPSA) is 78.9 Å². The Balaban J connectivity index is 4.30. The van der Waals surface area contributed by atoms with Gasteiger partial charge in [-0.25, -0.2) is 0 Å². The maximum Gasteiger partial charge on any atom is 0.306 e. The van der Waals surface area contributed by atoms with Crippen molar-refractivity contribution < 1.29 is 28.6 Å². The summed E-state index contributed by atoms with van der Waals surface area (Å²) in [6, 6.07) is 0. The van der Waals surface area contributed by atoms with Crippen molar-refractivity contribution in [2.24, 2.45) is 5.92 Å². The molecule has 0 fully saturated rings. The second kappa shape index (κ2) is 46.5. The highest BCUT2D eigenvalue weighted by atomic mass is 16.6. The van der Waals surface area contributed by atoms with Crippen LogP contribution in [0.25, 0.3) is 0 Å². The smallest absolute Gasteiger partial charge is 0.306 e. The van der Waals surface area contributed by atoms with E-state index in [1.165, 1.54) is 186 Å². The van der Waals surface area contributed by atoms with Gasteiger partial charge >= 0.3 is 17.9 Å². The van der Waals surface area contributed by atoms with E-state index in [1.807, 2.05) is 0 Å². The Bertz CT molecular complexity index is 874. The Morgan fingerprint density at radius 3 is 0.897 bits per heavy atom. The Morgan fingerprint density at radius 1 is 0.345 bits per heavy atom. The minimum absolute atomic E-state index is 0.0630. The molecule has 0 amide bonds. The molecule has 2 atom stereocenters. The SMILES string of the molecule is CCCCCCCCCCCCCCCCCCC(=O)OC[C@H](COC(=O)CCCCCCCCCCC(C)CC)OC(=O)CCCCCCCCCCCCCC. The van der Waals surface area contributed by atoms with E-state index in [2.05, 4.69) is 27.7 Å². The minimum atomic E-state index is -0.760. The van der Waals surface area contributed by atoms with Gasteiger partial charge in [-0.05, 0) is 25.2 Å². The molecule has 344 valence electrons. The Kier molecular flexibility index (Phi) is 45.2. The van der Waals surface area contributed by atoms with E-state index in [-0.39, 0.29) is 31.1 Å². The van der Waals surface area contributed by atoms with E-state index in [1.54, 1.807) is 0 Å². The molecule has 58 heavy (non-hydrogen) atoms. The molecule has 0 N–H and O–H groups in total. The van der Waals surface area contributed by atoms with Gasteiger partial charge in [0.1, 0.15) is 13.2 Å². The summed E-state index contributed by atoms with van der Waals surface area (Å²) in [4.78, 5) is 37.9. The third kappa shape index (κ3) is 44.0. The molecule has 0 saturated heterocycles. The molecule has 0 spiro atoms. The summed E-state index contributed by atoms with van der Waals surface area (Å²) in [6.07, 6.45) is 47.9. The van der Waals surface area contributed by atoms with Crippen molar-refractivity contribution in [1.82, 2.24) is 0 Å². The quantitative estimate of drug-likeness (QED) is 0.0346. The molecule has 0 saturated carbocycles. The highest BCUT2D eigenvalue weighted by Gasteiger charge is 2.19. The third-order valence-corrected chi connectivity index (χ3v) is 12.2. The van der Waals surface area contributed by atoms with Crippen LogP contribution in [0.3, 0.4) is 0 Å². The van der Waals surface area contributed by atoms with E-state index in [9.17, 15) is 14.4 Å². The van der Waals surface area contributed by atoms with Gasteiger partial charge in [-0.1, -0.05) is 252 Å². The van der Waals surface area contributed by atoms with Gasteiger partial charge < -0.3 is 14.2 Å². The molecule has 0 bridgehead atoms. The summed E-state index contributed by atoms with van der Waals surface area (Å²) >= 11 is 0. The zero-order valence-electron chi connectivity index (χ0n) is 39.5. The minimum Gasteiger partial charge on any atom is -0.462 e. The van der Waals surface area contributed by atoms with Gasteiger partial charge in [0.15, 0.2) is 6.10 Å². The van der Waals surface area contributed by atoms with Crippen LogP contribution in [0.15, 0.2) is 0 Å². The summed E-state index contributed by atoms with van der Waals surface area (Å²) in [5.41, 5.74) is 0. The Hall–Kier alpha value is -1.59. The lowest BCUT2D eigenvalue weighted by Crippen LogP contribution is -2.30. The summed E-state index contributed by atoms with van der Waals surface area (Å²) in [6.45, 7) is 9.03. The van der Waals surface area contributed by atoms with Crippen molar-refractivity contribution >= 4 is 17.9 Å². The molecule has 0 rings (SSSR count). The Labute approximate surface area is 361 Å². The first kappa shape index (κ1) is 56.4. The zero-order valence-corrected chi connectivity index (χ0v) is 39.5. The predicted molar refractivity (Wildman–Crippen MR) is 247 cm³/mol. The predicted octanol–water partition coefficient (Wildman–Crippen LogP) is 16.7. The molecular formula is C52H100O6. The van der Waals surface area contributed by atoms with Crippen LogP contribution in [0.4, 0.5) is 0 Å². The number of ether oxygens (including phenoxy) is 3. The maximum atomic E-state index is 12.8. The fourth-order valence-corrected chi connectivity index (χ4v) is 7.83. The van der Waals surface area contributed by atoms with Crippen LogP contribution in [0.1, 0.15) is 291 Å². The van der Waals surface area contributed by atoms with Gasteiger partial charge in [0.25, 0.3) is 0 Å². The summed E-state index contributed by atoms with van der Waals surface area (Å²) in [5, 5.41) is 0. The molecule has 0 radical (unpaired) electrons. The lowest BCUT2D eigenvalue weighted by atomic mass is 9.99. The second-order valence-electron chi connectivity index (χ2n) is 18.1. The number of carbonyl (C=O) groups is 3. The molecule has 0 aromatic rings. The molecular weight excluding hydrogens is 721 g/mol. The van der Waals surface area contributed by atoms with Gasteiger partial charge in [-0.2, -0.15) is 0 Å². The van der Waals surface area contributed by atoms with Gasteiger partial charge in [0, 0.05) is 19.3 Å². The summed E-state index contributed by atoms with van der Waals surface area (Å²) < 4.78 is 16.8. The van der Waals surface area contributed by atoms with Crippen molar-refractivity contribution in [2.75, 3.05) is 13.2 Å². The third-order valence-electron chi connectivity index (χ3n) is 12.2. The van der Waals surface area contributed by atoms with E-state index in [0.29, 0.717) is 19.3 Å². The van der Waals surface area contributed by atoms with Gasteiger partial charge in [0.2, 0.25) is 0 Å². The first-order chi connectivity index (χ1) is 28.4. The largest absolute Gasteiger partial charge is 0.462 e. The molecule has 6 heteroatoms. The number of hydrogen-bond donors (Lipinski definition) is 0. The molecule has 0 heterocycles. The highest BCUT2D eigenvalue weighted by Crippen LogP contribution is 2.17. The number of rotatable bonds is 47. The molecule has 0 aromatic heterocycles. The van der Waals surface area contributed by atoms with Crippen LogP contribution in [0.5, 0.6) is 0 Å². The van der Waals surface area contributed by atoms with Crippen molar-refractivity contribution in [2.45, 2.75) is 297 Å². The zero-order chi connectivity index (χ0) is 42.4. The number of carbonyl (C=O) groups excluding carboxylic acids is 3. The van der Waals surface area contributed by atoms with Crippen LogP contribution in [0, 0.1) is 5.92 Å². The molecule has 0 aliphatic carbocycles. The number of hydrogen-bond acceptors (Lipinski definition) is 6.